The number of hydrogen-bond donors (Lipinski definition) is 1. The molecule has 6 nitrogen and oxygen atoms in total. The minimum Gasteiger partial charge on any atom is -0.454 e. The van der Waals surface area contributed by atoms with Gasteiger partial charge in [-0.15, -0.1) is 0 Å². The Morgan fingerprint density at radius 2 is 1.83 bits per heavy atom. The molecule has 3 saturated carbocycles. The number of rotatable bonds is 2. The molecular weight excluding hydrogens is 456 g/mol. The Hall–Kier alpha value is -1.50. The molecule has 0 aromatic heterocycles. The average Bonchev–Trinajstić information content (AvgIpc) is 3.32. The van der Waals surface area contributed by atoms with Crippen LogP contribution in [0, 0.1) is 40.4 Å². The van der Waals surface area contributed by atoms with Gasteiger partial charge in [-0.1, -0.05) is 52.2 Å². The number of fused-ring (bicyclic) bond motifs is 5. The molecule has 6 aliphatic rings. The van der Waals surface area contributed by atoms with Crippen molar-refractivity contribution in [3.8, 4) is 0 Å². The van der Waals surface area contributed by atoms with Crippen LogP contribution in [0.15, 0.2) is 23.3 Å². The maximum atomic E-state index is 14.7. The Morgan fingerprint density at radius 3 is 2.53 bits per heavy atom. The SMILES string of the molecule is CC1=C[C@]23C(=O)[C@@H](C=C4COC(C)(C)O[C@H]4[C@]2(O)[C@H]1OC(=O)C1CCCCC1)[C@H]1[C@@H](C[C@H]3C)C1(C)C. The molecule has 5 aliphatic carbocycles. The second-order valence-corrected chi connectivity index (χ2v) is 13.6. The summed E-state index contributed by atoms with van der Waals surface area (Å²) in [5.74, 6) is -1.08. The van der Waals surface area contributed by atoms with E-state index in [0.29, 0.717) is 5.92 Å². The van der Waals surface area contributed by atoms with E-state index in [0.717, 1.165) is 49.7 Å². The van der Waals surface area contributed by atoms with E-state index in [1.54, 1.807) is 0 Å². The maximum absolute atomic E-state index is 14.7. The Kier molecular flexibility index (Phi) is 5.35. The van der Waals surface area contributed by atoms with Crippen molar-refractivity contribution in [2.45, 2.75) is 104 Å². The summed E-state index contributed by atoms with van der Waals surface area (Å²) in [5.41, 5.74) is -1.27. The van der Waals surface area contributed by atoms with Crippen LogP contribution < -0.4 is 0 Å². The molecule has 1 spiro atoms. The summed E-state index contributed by atoms with van der Waals surface area (Å²) in [6.07, 6.45) is 7.96. The van der Waals surface area contributed by atoms with Gasteiger partial charge in [0.1, 0.15) is 6.10 Å². The zero-order chi connectivity index (χ0) is 25.8. The lowest BCUT2D eigenvalue weighted by atomic mass is 9.58. The van der Waals surface area contributed by atoms with Gasteiger partial charge >= 0.3 is 5.97 Å². The van der Waals surface area contributed by atoms with Gasteiger partial charge in [-0.2, -0.15) is 0 Å². The highest BCUT2D eigenvalue weighted by atomic mass is 16.7. The van der Waals surface area contributed by atoms with E-state index >= 15 is 0 Å². The van der Waals surface area contributed by atoms with E-state index in [1.165, 1.54) is 0 Å². The molecule has 0 aromatic rings. The van der Waals surface area contributed by atoms with Gasteiger partial charge < -0.3 is 19.3 Å². The van der Waals surface area contributed by atoms with Gasteiger partial charge in [-0.25, -0.2) is 0 Å². The van der Waals surface area contributed by atoms with Gasteiger partial charge in [0.2, 0.25) is 0 Å². The number of Topliss-reactive ketones (excluding diaryl/α,β-unsaturated/α-hetero) is 1. The van der Waals surface area contributed by atoms with E-state index in [-0.39, 0.29) is 47.4 Å². The number of hydrogen-bond acceptors (Lipinski definition) is 6. The average molecular weight is 499 g/mol. The van der Waals surface area contributed by atoms with Gasteiger partial charge in [0, 0.05) is 5.92 Å². The zero-order valence-electron chi connectivity index (χ0n) is 22.6. The molecule has 0 amide bonds. The predicted molar refractivity (Wildman–Crippen MR) is 134 cm³/mol. The third-order valence-electron chi connectivity index (χ3n) is 10.8. The summed E-state index contributed by atoms with van der Waals surface area (Å²) in [7, 11) is 0. The first-order valence-corrected chi connectivity index (χ1v) is 14.0. The summed E-state index contributed by atoms with van der Waals surface area (Å²) >= 11 is 0. The van der Waals surface area contributed by atoms with Gasteiger partial charge in [0.25, 0.3) is 0 Å². The molecule has 6 rings (SSSR count). The van der Waals surface area contributed by atoms with E-state index in [1.807, 2.05) is 32.9 Å². The minimum absolute atomic E-state index is 0.0504. The topological polar surface area (TPSA) is 82.1 Å². The molecular formula is C30H42O6. The van der Waals surface area contributed by atoms with Gasteiger partial charge in [0.15, 0.2) is 23.3 Å². The molecule has 1 aliphatic heterocycles. The summed E-state index contributed by atoms with van der Waals surface area (Å²) in [5, 5.41) is 13.0. The van der Waals surface area contributed by atoms with Crippen molar-refractivity contribution in [3.05, 3.63) is 23.3 Å². The molecule has 8 atom stereocenters. The number of ether oxygens (including phenoxy) is 3. The number of esters is 1. The number of carbonyl (C=O) groups is 2. The molecule has 2 bridgehead atoms. The normalized spacial score (nSPS) is 46.8. The summed E-state index contributed by atoms with van der Waals surface area (Å²) in [6.45, 7) is 12.5. The van der Waals surface area contributed by atoms with Gasteiger partial charge in [-0.3, -0.25) is 9.59 Å². The van der Waals surface area contributed by atoms with Crippen molar-refractivity contribution in [1.29, 1.82) is 0 Å². The van der Waals surface area contributed by atoms with Crippen molar-refractivity contribution < 1.29 is 28.9 Å². The summed E-state index contributed by atoms with van der Waals surface area (Å²) in [6, 6.07) is 0. The zero-order valence-corrected chi connectivity index (χ0v) is 22.6. The second kappa shape index (κ2) is 7.77. The Balaban J connectivity index is 1.49. The van der Waals surface area contributed by atoms with Crippen LogP contribution in [-0.4, -0.2) is 47.1 Å². The Labute approximate surface area is 214 Å². The number of allylic oxidation sites excluding steroid dienone is 1. The van der Waals surface area contributed by atoms with Crippen LogP contribution in [0.4, 0.5) is 0 Å². The molecule has 4 fully saturated rings. The van der Waals surface area contributed by atoms with Crippen LogP contribution in [0.3, 0.4) is 0 Å². The van der Waals surface area contributed by atoms with Crippen molar-refractivity contribution >= 4 is 11.8 Å². The monoisotopic (exact) mass is 498 g/mol. The molecule has 198 valence electrons. The van der Waals surface area contributed by atoms with E-state index in [9.17, 15) is 14.7 Å². The van der Waals surface area contributed by atoms with E-state index in [4.69, 9.17) is 14.2 Å². The molecule has 0 unspecified atom stereocenters. The highest BCUT2D eigenvalue weighted by Crippen LogP contribution is 2.72. The van der Waals surface area contributed by atoms with Crippen LogP contribution in [0.1, 0.15) is 80.1 Å². The number of carbonyl (C=O) groups excluding carboxylic acids is 2. The molecule has 0 aromatic carbocycles. The predicted octanol–water partition coefficient (Wildman–Crippen LogP) is 4.74. The lowest BCUT2D eigenvalue weighted by molar-refractivity contribution is -0.304. The quantitative estimate of drug-likeness (QED) is 0.437. The van der Waals surface area contributed by atoms with Crippen molar-refractivity contribution in [1.82, 2.24) is 0 Å². The second-order valence-electron chi connectivity index (χ2n) is 13.6. The van der Waals surface area contributed by atoms with Crippen LogP contribution in [-0.2, 0) is 23.8 Å². The summed E-state index contributed by atoms with van der Waals surface area (Å²) < 4.78 is 18.8. The van der Waals surface area contributed by atoms with Crippen LogP contribution >= 0.6 is 0 Å². The fourth-order valence-corrected chi connectivity index (χ4v) is 8.85. The largest absolute Gasteiger partial charge is 0.454 e. The third-order valence-corrected chi connectivity index (χ3v) is 10.8. The third kappa shape index (κ3) is 3.13. The summed E-state index contributed by atoms with van der Waals surface area (Å²) in [4.78, 5) is 28.1. The molecule has 1 saturated heterocycles. The van der Waals surface area contributed by atoms with Crippen LogP contribution in [0.2, 0.25) is 0 Å². The molecule has 0 radical (unpaired) electrons. The highest BCUT2D eigenvalue weighted by Gasteiger charge is 2.77. The molecule has 1 N–H and O–H groups in total. The highest BCUT2D eigenvalue weighted by molar-refractivity contribution is 5.95. The van der Waals surface area contributed by atoms with E-state index < -0.39 is 29.0 Å². The first-order valence-electron chi connectivity index (χ1n) is 14.0. The fourth-order valence-electron chi connectivity index (χ4n) is 8.85. The molecule has 6 heteroatoms. The lowest BCUT2D eigenvalue weighted by Crippen LogP contribution is -2.68. The first-order chi connectivity index (χ1) is 16.8. The first kappa shape index (κ1) is 24.8. The number of ketones is 1. The van der Waals surface area contributed by atoms with Crippen molar-refractivity contribution in [3.63, 3.8) is 0 Å². The van der Waals surface area contributed by atoms with E-state index in [2.05, 4.69) is 20.8 Å². The molecule has 1 heterocycles. The van der Waals surface area contributed by atoms with Crippen LogP contribution in [0.5, 0.6) is 0 Å². The van der Waals surface area contributed by atoms with Gasteiger partial charge in [-0.05, 0) is 74.3 Å². The molecule has 36 heavy (non-hydrogen) atoms. The fraction of sp³-hybridized carbons (Fsp3) is 0.800. The smallest absolute Gasteiger partial charge is 0.309 e. The Morgan fingerprint density at radius 1 is 1.14 bits per heavy atom. The maximum Gasteiger partial charge on any atom is 0.309 e. The van der Waals surface area contributed by atoms with Crippen molar-refractivity contribution in [2.24, 2.45) is 40.4 Å². The van der Waals surface area contributed by atoms with Crippen molar-refractivity contribution in [2.75, 3.05) is 6.61 Å². The van der Waals surface area contributed by atoms with Gasteiger partial charge in [0.05, 0.1) is 17.9 Å². The number of aliphatic hydroxyl groups is 1. The van der Waals surface area contributed by atoms with Crippen LogP contribution in [0.25, 0.3) is 0 Å². The standard InChI is InChI=1S/C30H42O6/c1-16-14-29-17(2)12-21-22(27(21,3)4)20(23(29)31)13-19-15-34-28(5,6)36-25(19)30(29,33)24(16)35-26(32)18-10-8-7-9-11-18/h13-14,17-18,20-22,24-25,33H,7-12,15H2,1-6H3/t17-,20+,21-,22+,24+,25-,29+,30-/m1/s1. The minimum atomic E-state index is -1.72. The Bertz CT molecular complexity index is 1050. The lowest BCUT2D eigenvalue weighted by Gasteiger charge is -2.52.